The van der Waals surface area contributed by atoms with E-state index in [4.69, 9.17) is 0 Å². The van der Waals surface area contributed by atoms with Crippen LogP contribution in [0.5, 0.6) is 0 Å². The fraction of sp³-hybridized carbons (Fsp3) is 0.609. The SMILES string of the molecule is CN=C(NCCc1c[nH]c2cc(C)ccc12)NCC(C(C)C)N1CCN(C)CC1. The molecule has 1 unspecified atom stereocenters. The Hall–Kier alpha value is -2.05. The molecule has 1 aromatic carbocycles. The molecule has 1 saturated heterocycles. The Morgan fingerprint density at radius 1 is 1.17 bits per heavy atom. The smallest absolute Gasteiger partial charge is 0.191 e. The number of guanidine groups is 1. The summed E-state index contributed by atoms with van der Waals surface area (Å²) >= 11 is 0. The molecule has 6 nitrogen and oxygen atoms in total. The van der Waals surface area contributed by atoms with Crippen molar-refractivity contribution in [3.63, 3.8) is 0 Å². The lowest BCUT2D eigenvalue weighted by atomic mass is 10.0. The van der Waals surface area contributed by atoms with Crippen molar-refractivity contribution in [3.8, 4) is 0 Å². The highest BCUT2D eigenvalue weighted by Crippen LogP contribution is 2.19. The molecule has 1 aliphatic heterocycles. The number of aryl methyl sites for hydroxylation is 1. The zero-order valence-corrected chi connectivity index (χ0v) is 18.8. The zero-order chi connectivity index (χ0) is 20.8. The van der Waals surface area contributed by atoms with Crippen LogP contribution in [0.1, 0.15) is 25.0 Å². The van der Waals surface area contributed by atoms with Gasteiger partial charge in [-0.15, -0.1) is 0 Å². The third kappa shape index (κ3) is 5.73. The monoisotopic (exact) mass is 398 g/mol. The van der Waals surface area contributed by atoms with E-state index >= 15 is 0 Å². The number of nitrogens with one attached hydrogen (secondary N) is 3. The number of fused-ring (bicyclic) bond motifs is 1. The number of H-pyrrole nitrogens is 1. The third-order valence-corrected chi connectivity index (χ3v) is 6.09. The Kier molecular flexibility index (Phi) is 7.56. The van der Waals surface area contributed by atoms with Crippen molar-refractivity contribution < 1.29 is 0 Å². The van der Waals surface area contributed by atoms with Gasteiger partial charge in [-0.2, -0.15) is 0 Å². The molecule has 1 aliphatic rings. The maximum absolute atomic E-state index is 4.43. The topological polar surface area (TPSA) is 58.7 Å². The summed E-state index contributed by atoms with van der Waals surface area (Å²) in [6.07, 6.45) is 3.10. The average Bonchev–Trinajstić information content (AvgIpc) is 3.09. The van der Waals surface area contributed by atoms with E-state index in [0.29, 0.717) is 12.0 Å². The van der Waals surface area contributed by atoms with E-state index in [0.717, 1.165) is 51.6 Å². The quantitative estimate of drug-likeness (QED) is 0.495. The Balaban J connectivity index is 1.49. The van der Waals surface area contributed by atoms with Crippen molar-refractivity contribution in [2.75, 3.05) is 53.4 Å². The molecular formula is C23H38N6. The minimum Gasteiger partial charge on any atom is -0.361 e. The van der Waals surface area contributed by atoms with Crippen molar-refractivity contribution in [1.29, 1.82) is 0 Å². The van der Waals surface area contributed by atoms with Crippen LogP contribution in [-0.2, 0) is 6.42 Å². The first-order valence-corrected chi connectivity index (χ1v) is 10.9. The van der Waals surface area contributed by atoms with E-state index < -0.39 is 0 Å². The van der Waals surface area contributed by atoms with Gasteiger partial charge in [0.25, 0.3) is 0 Å². The van der Waals surface area contributed by atoms with Gasteiger partial charge >= 0.3 is 0 Å². The number of aromatic nitrogens is 1. The Bertz CT molecular complexity index is 801. The third-order valence-electron chi connectivity index (χ3n) is 6.09. The van der Waals surface area contributed by atoms with Gasteiger partial charge in [0.2, 0.25) is 0 Å². The van der Waals surface area contributed by atoms with Gasteiger partial charge in [0.05, 0.1) is 0 Å². The molecule has 0 radical (unpaired) electrons. The second kappa shape index (κ2) is 10.1. The molecule has 0 bridgehead atoms. The molecular weight excluding hydrogens is 360 g/mol. The number of hydrogen-bond acceptors (Lipinski definition) is 3. The standard InChI is InChI=1S/C23H38N6/c1-17(2)22(29-12-10-28(5)11-13-29)16-27-23(24-4)25-9-8-19-15-26-21-14-18(3)6-7-20(19)21/h6-7,14-15,17,22,26H,8-13,16H2,1-5H3,(H2,24,25,27). The van der Waals surface area contributed by atoms with Gasteiger partial charge in [-0.25, -0.2) is 0 Å². The maximum atomic E-state index is 4.43. The zero-order valence-electron chi connectivity index (χ0n) is 18.8. The molecule has 3 rings (SSSR count). The number of rotatable bonds is 7. The van der Waals surface area contributed by atoms with E-state index in [1.54, 1.807) is 0 Å². The van der Waals surface area contributed by atoms with Gasteiger partial charge in [-0.3, -0.25) is 9.89 Å². The summed E-state index contributed by atoms with van der Waals surface area (Å²) in [6.45, 7) is 13.2. The van der Waals surface area contributed by atoms with Crippen LogP contribution in [0.4, 0.5) is 0 Å². The van der Waals surface area contributed by atoms with Crippen LogP contribution in [0.25, 0.3) is 10.9 Å². The lowest BCUT2D eigenvalue weighted by molar-refractivity contribution is 0.0900. The average molecular weight is 399 g/mol. The van der Waals surface area contributed by atoms with Crippen molar-refractivity contribution in [2.24, 2.45) is 10.9 Å². The molecule has 1 fully saturated rings. The molecule has 2 heterocycles. The van der Waals surface area contributed by atoms with Crippen LogP contribution in [0.15, 0.2) is 29.4 Å². The van der Waals surface area contributed by atoms with E-state index in [1.165, 1.54) is 22.0 Å². The second-order valence-electron chi connectivity index (χ2n) is 8.64. The Morgan fingerprint density at radius 3 is 2.62 bits per heavy atom. The summed E-state index contributed by atoms with van der Waals surface area (Å²) in [5.74, 6) is 1.50. The predicted molar refractivity (Wildman–Crippen MR) is 124 cm³/mol. The first-order valence-electron chi connectivity index (χ1n) is 10.9. The summed E-state index contributed by atoms with van der Waals surface area (Å²) in [7, 11) is 4.06. The van der Waals surface area contributed by atoms with E-state index in [9.17, 15) is 0 Å². The Morgan fingerprint density at radius 2 is 1.93 bits per heavy atom. The van der Waals surface area contributed by atoms with E-state index in [-0.39, 0.29) is 0 Å². The summed E-state index contributed by atoms with van der Waals surface area (Å²) in [5.41, 5.74) is 3.85. The van der Waals surface area contributed by atoms with Crippen molar-refractivity contribution >= 4 is 16.9 Å². The number of benzene rings is 1. The molecule has 0 amide bonds. The predicted octanol–water partition coefficient (Wildman–Crippen LogP) is 2.46. The van der Waals surface area contributed by atoms with Gasteiger partial charge in [0, 0.05) is 69.5 Å². The first-order chi connectivity index (χ1) is 14.0. The molecule has 29 heavy (non-hydrogen) atoms. The van der Waals surface area contributed by atoms with Crippen molar-refractivity contribution in [2.45, 2.75) is 33.2 Å². The first kappa shape index (κ1) is 21.7. The number of hydrogen-bond donors (Lipinski definition) is 3. The highest BCUT2D eigenvalue weighted by Gasteiger charge is 2.25. The van der Waals surface area contributed by atoms with Crippen LogP contribution in [-0.4, -0.2) is 80.1 Å². The van der Waals surface area contributed by atoms with Gasteiger partial charge < -0.3 is 20.5 Å². The van der Waals surface area contributed by atoms with Gasteiger partial charge in [-0.05, 0) is 43.5 Å². The minimum atomic E-state index is 0.527. The van der Waals surface area contributed by atoms with Crippen molar-refractivity contribution in [1.82, 2.24) is 25.4 Å². The number of aromatic amines is 1. The van der Waals surface area contributed by atoms with Crippen LogP contribution in [0.2, 0.25) is 0 Å². The van der Waals surface area contributed by atoms with Crippen molar-refractivity contribution in [3.05, 3.63) is 35.5 Å². The highest BCUT2D eigenvalue weighted by molar-refractivity contribution is 5.84. The number of aliphatic imine (C=N–C) groups is 1. The van der Waals surface area contributed by atoms with Crippen LogP contribution >= 0.6 is 0 Å². The van der Waals surface area contributed by atoms with E-state index in [2.05, 4.69) is 82.6 Å². The normalized spacial score (nSPS) is 17.8. The fourth-order valence-electron chi connectivity index (χ4n) is 4.18. The number of nitrogens with zero attached hydrogens (tertiary/aromatic N) is 3. The van der Waals surface area contributed by atoms with Crippen LogP contribution < -0.4 is 10.6 Å². The molecule has 0 spiro atoms. The molecule has 160 valence electrons. The van der Waals surface area contributed by atoms with Gasteiger partial charge in [-0.1, -0.05) is 26.0 Å². The molecule has 1 aromatic heterocycles. The lowest BCUT2D eigenvalue weighted by Crippen LogP contribution is -2.55. The second-order valence-corrected chi connectivity index (χ2v) is 8.64. The molecule has 6 heteroatoms. The molecule has 3 N–H and O–H groups in total. The van der Waals surface area contributed by atoms with E-state index in [1.807, 2.05) is 7.05 Å². The summed E-state index contributed by atoms with van der Waals surface area (Å²) in [4.78, 5) is 12.9. The molecule has 2 aromatic rings. The Labute approximate surface area is 175 Å². The largest absolute Gasteiger partial charge is 0.361 e. The van der Waals surface area contributed by atoms with Gasteiger partial charge in [0.1, 0.15) is 0 Å². The number of piperazine rings is 1. The summed E-state index contributed by atoms with van der Waals surface area (Å²) in [6, 6.07) is 7.13. The summed E-state index contributed by atoms with van der Waals surface area (Å²) in [5, 5.41) is 8.36. The minimum absolute atomic E-state index is 0.527. The van der Waals surface area contributed by atoms with Crippen LogP contribution in [0.3, 0.4) is 0 Å². The summed E-state index contributed by atoms with van der Waals surface area (Å²) < 4.78 is 0. The van der Waals surface area contributed by atoms with Crippen LogP contribution in [0, 0.1) is 12.8 Å². The number of likely N-dealkylation sites (N-methyl/N-ethyl adjacent to an activating group) is 1. The van der Waals surface area contributed by atoms with Gasteiger partial charge in [0.15, 0.2) is 5.96 Å². The lowest BCUT2D eigenvalue weighted by Gasteiger charge is -2.40. The highest BCUT2D eigenvalue weighted by atomic mass is 15.3. The molecule has 0 saturated carbocycles. The molecule has 1 atom stereocenters. The maximum Gasteiger partial charge on any atom is 0.191 e. The fourth-order valence-corrected chi connectivity index (χ4v) is 4.18. The molecule has 0 aliphatic carbocycles.